The Balaban J connectivity index is 2.27. The molecule has 0 heterocycles. The van der Waals surface area contributed by atoms with Crippen LogP contribution in [0.5, 0.6) is 5.75 Å². The zero-order valence-electron chi connectivity index (χ0n) is 10.7. The molecule has 5 heteroatoms. The summed E-state index contributed by atoms with van der Waals surface area (Å²) in [4.78, 5) is 10.5. The molecule has 0 bridgehead atoms. The van der Waals surface area contributed by atoms with Crippen LogP contribution in [0, 0.1) is 10.1 Å². The highest BCUT2D eigenvalue weighted by atomic mass is 35.5. The Morgan fingerprint density at radius 2 is 1.70 bits per heavy atom. The second-order valence-electron chi connectivity index (χ2n) is 4.07. The van der Waals surface area contributed by atoms with Crippen LogP contribution in [0.4, 0.5) is 5.69 Å². The van der Waals surface area contributed by atoms with Crippen molar-refractivity contribution in [3.05, 3.63) is 68.7 Å². The number of halogens is 1. The molecule has 0 atom stereocenters. The van der Waals surface area contributed by atoms with E-state index in [0.29, 0.717) is 5.02 Å². The normalized spacial score (nSPS) is 10.7. The monoisotopic (exact) mass is 289 g/mol. The molecule has 20 heavy (non-hydrogen) atoms. The van der Waals surface area contributed by atoms with Gasteiger partial charge in [-0.05, 0) is 29.3 Å². The molecule has 0 fully saturated rings. The lowest BCUT2D eigenvalue weighted by Crippen LogP contribution is -1.93. The number of methoxy groups -OCH3 is 1. The molecule has 0 unspecified atom stereocenters. The van der Waals surface area contributed by atoms with Crippen molar-refractivity contribution in [2.45, 2.75) is 0 Å². The summed E-state index contributed by atoms with van der Waals surface area (Å²) in [6.45, 7) is 0. The average molecular weight is 290 g/mol. The number of hydrogen-bond acceptors (Lipinski definition) is 3. The fraction of sp³-hybridized carbons (Fsp3) is 0.0667. The zero-order valence-corrected chi connectivity index (χ0v) is 11.5. The molecule has 0 aliphatic rings. The number of benzene rings is 2. The molecule has 4 nitrogen and oxygen atoms in total. The van der Waals surface area contributed by atoms with E-state index in [1.807, 2.05) is 18.2 Å². The van der Waals surface area contributed by atoms with E-state index in [9.17, 15) is 10.1 Å². The summed E-state index contributed by atoms with van der Waals surface area (Å²) >= 11 is 5.80. The van der Waals surface area contributed by atoms with Gasteiger partial charge in [-0.2, -0.15) is 0 Å². The summed E-state index contributed by atoms with van der Waals surface area (Å²) in [6, 6.07) is 12.1. The number of nitro groups is 1. The van der Waals surface area contributed by atoms with Gasteiger partial charge in [-0.1, -0.05) is 42.0 Å². The highest BCUT2D eigenvalue weighted by Crippen LogP contribution is 2.28. The number of nitro benzene ring substituents is 1. The van der Waals surface area contributed by atoms with E-state index in [4.69, 9.17) is 16.3 Å². The Labute approximate surface area is 121 Å². The highest BCUT2D eigenvalue weighted by Gasteiger charge is 2.13. The number of ether oxygens (including phenoxy) is 1. The van der Waals surface area contributed by atoms with Crippen LogP contribution in [-0.4, -0.2) is 12.0 Å². The predicted molar refractivity (Wildman–Crippen MR) is 80.0 cm³/mol. The molecule has 0 aliphatic carbocycles. The first-order valence-electron chi connectivity index (χ1n) is 5.86. The SMILES string of the molecule is COc1ccc(/C=C/c2ccc(Cl)cc2)cc1[N+](=O)[O-]. The second-order valence-corrected chi connectivity index (χ2v) is 4.51. The van der Waals surface area contributed by atoms with E-state index in [1.54, 1.807) is 30.3 Å². The minimum atomic E-state index is -0.460. The van der Waals surface area contributed by atoms with E-state index in [0.717, 1.165) is 11.1 Å². The van der Waals surface area contributed by atoms with Crippen molar-refractivity contribution in [3.63, 3.8) is 0 Å². The van der Waals surface area contributed by atoms with Crippen molar-refractivity contribution in [2.24, 2.45) is 0 Å². The lowest BCUT2D eigenvalue weighted by atomic mass is 10.1. The van der Waals surface area contributed by atoms with Gasteiger partial charge in [-0.3, -0.25) is 10.1 Å². The fourth-order valence-corrected chi connectivity index (χ4v) is 1.85. The maximum Gasteiger partial charge on any atom is 0.311 e. The summed E-state index contributed by atoms with van der Waals surface area (Å²) in [6.07, 6.45) is 3.66. The first-order chi connectivity index (χ1) is 9.60. The third kappa shape index (κ3) is 3.36. The Hall–Kier alpha value is -2.33. The van der Waals surface area contributed by atoms with Gasteiger partial charge in [0.15, 0.2) is 5.75 Å². The molecular weight excluding hydrogens is 278 g/mol. The van der Waals surface area contributed by atoms with E-state index >= 15 is 0 Å². The van der Waals surface area contributed by atoms with Crippen molar-refractivity contribution < 1.29 is 9.66 Å². The summed E-state index contributed by atoms with van der Waals surface area (Å²) in [5.41, 5.74) is 1.64. The van der Waals surface area contributed by atoms with Crippen LogP contribution in [0.2, 0.25) is 5.02 Å². The maximum absolute atomic E-state index is 10.9. The summed E-state index contributed by atoms with van der Waals surface area (Å²) in [5, 5.41) is 11.6. The number of rotatable bonds is 4. The van der Waals surface area contributed by atoms with Gasteiger partial charge < -0.3 is 4.74 Å². The summed E-state index contributed by atoms with van der Waals surface area (Å²) in [7, 11) is 1.41. The lowest BCUT2D eigenvalue weighted by molar-refractivity contribution is -0.385. The molecule has 0 spiro atoms. The van der Waals surface area contributed by atoms with Crippen LogP contribution >= 0.6 is 11.6 Å². The molecule has 0 saturated heterocycles. The van der Waals surface area contributed by atoms with Crippen molar-refractivity contribution >= 4 is 29.4 Å². The lowest BCUT2D eigenvalue weighted by Gasteiger charge is -2.02. The van der Waals surface area contributed by atoms with Crippen molar-refractivity contribution in [1.82, 2.24) is 0 Å². The zero-order chi connectivity index (χ0) is 14.5. The van der Waals surface area contributed by atoms with E-state index in [1.165, 1.54) is 13.2 Å². The molecule has 0 saturated carbocycles. The quantitative estimate of drug-likeness (QED) is 0.475. The number of nitrogens with zero attached hydrogens (tertiary/aromatic N) is 1. The van der Waals surface area contributed by atoms with Gasteiger partial charge in [0.25, 0.3) is 0 Å². The number of hydrogen-bond donors (Lipinski definition) is 0. The Bertz CT molecular complexity index is 651. The molecule has 0 N–H and O–H groups in total. The molecule has 0 amide bonds. The molecule has 2 rings (SSSR count). The second kappa shape index (κ2) is 6.21. The summed E-state index contributed by atoms with van der Waals surface area (Å²) in [5.74, 6) is 0.249. The van der Waals surface area contributed by atoms with Crippen molar-refractivity contribution in [2.75, 3.05) is 7.11 Å². The first kappa shape index (κ1) is 14.1. The Kier molecular flexibility index (Phi) is 4.38. The predicted octanol–water partition coefficient (Wildman–Crippen LogP) is 4.43. The van der Waals surface area contributed by atoms with Crippen LogP contribution in [0.3, 0.4) is 0 Å². The molecule has 2 aromatic rings. The molecule has 2 aromatic carbocycles. The van der Waals surface area contributed by atoms with Gasteiger partial charge in [0.2, 0.25) is 0 Å². The van der Waals surface area contributed by atoms with Gasteiger partial charge >= 0.3 is 5.69 Å². The molecule has 102 valence electrons. The fourth-order valence-electron chi connectivity index (χ4n) is 1.72. The van der Waals surface area contributed by atoms with E-state index < -0.39 is 4.92 Å². The van der Waals surface area contributed by atoms with Gasteiger partial charge in [0.1, 0.15) is 0 Å². The van der Waals surface area contributed by atoms with Crippen LogP contribution in [0.15, 0.2) is 42.5 Å². The third-order valence-electron chi connectivity index (χ3n) is 2.74. The molecule has 0 radical (unpaired) electrons. The van der Waals surface area contributed by atoms with Crippen LogP contribution in [0.1, 0.15) is 11.1 Å². The topological polar surface area (TPSA) is 52.4 Å². The minimum Gasteiger partial charge on any atom is -0.490 e. The smallest absolute Gasteiger partial charge is 0.311 e. The van der Waals surface area contributed by atoms with E-state index in [-0.39, 0.29) is 11.4 Å². The van der Waals surface area contributed by atoms with Crippen LogP contribution in [-0.2, 0) is 0 Å². The van der Waals surface area contributed by atoms with E-state index in [2.05, 4.69) is 0 Å². The van der Waals surface area contributed by atoms with Crippen LogP contribution < -0.4 is 4.74 Å². The summed E-state index contributed by atoms with van der Waals surface area (Å²) < 4.78 is 4.96. The third-order valence-corrected chi connectivity index (χ3v) is 2.99. The maximum atomic E-state index is 10.9. The van der Waals surface area contributed by atoms with Gasteiger partial charge in [-0.15, -0.1) is 0 Å². The largest absolute Gasteiger partial charge is 0.490 e. The Morgan fingerprint density at radius 1 is 1.10 bits per heavy atom. The average Bonchev–Trinajstić information content (AvgIpc) is 2.46. The van der Waals surface area contributed by atoms with Crippen molar-refractivity contribution in [3.8, 4) is 5.75 Å². The highest BCUT2D eigenvalue weighted by molar-refractivity contribution is 6.30. The molecule has 0 aromatic heterocycles. The minimum absolute atomic E-state index is 0.0502. The Morgan fingerprint density at radius 3 is 2.30 bits per heavy atom. The van der Waals surface area contributed by atoms with Crippen LogP contribution in [0.25, 0.3) is 12.2 Å². The first-order valence-corrected chi connectivity index (χ1v) is 6.24. The molecule has 0 aliphatic heterocycles. The van der Waals surface area contributed by atoms with Crippen molar-refractivity contribution in [1.29, 1.82) is 0 Å². The van der Waals surface area contributed by atoms with Gasteiger partial charge in [0.05, 0.1) is 12.0 Å². The van der Waals surface area contributed by atoms with Gasteiger partial charge in [0, 0.05) is 11.1 Å². The standard InChI is InChI=1S/C15H12ClNO3/c1-20-15-9-6-12(10-14(15)17(18)19)3-2-11-4-7-13(16)8-5-11/h2-10H,1H3/b3-2+. The van der Waals surface area contributed by atoms with Gasteiger partial charge in [-0.25, -0.2) is 0 Å². The molecular formula is C15H12ClNO3.